The van der Waals surface area contributed by atoms with Crippen molar-refractivity contribution in [3.8, 4) is 0 Å². The maximum atomic E-state index is 13.3. The molecule has 1 aliphatic rings. The van der Waals surface area contributed by atoms with Gasteiger partial charge in [-0.15, -0.1) is 0 Å². The number of amides is 2. The van der Waals surface area contributed by atoms with Gasteiger partial charge >= 0.3 is 5.97 Å². The summed E-state index contributed by atoms with van der Waals surface area (Å²) in [5, 5.41) is 6.18. The number of aromatic nitrogens is 1. The molecule has 7 heteroatoms. The van der Waals surface area contributed by atoms with Crippen LogP contribution in [0.25, 0.3) is 10.9 Å². The Bertz CT molecular complexity index is 1230. The third-order valence-corrected chi connectivity index (χ3v) is 5.75. The van der Waals surface area contributed by atoms with Crippen molar-refractivity contribution in [3.63, 3.8) is 0 Å². The molecule has 0 radical (unpaired) electrons. The van der Waals surface area contributed by atoms with E-state index in [0.29, 0.717) is 16.9 Å². The van der Waals surface area contributed by atoms with Gasteiger partial charge in [0.25, 0.3) is 5.91 Å². The van der Waals surface area contributed by atoms with Crippen molar-refractivity contribution < 1.29 is 19.1 Å². The van der Waals surface area contributed by atoms with Gasteiger partial charge in [-0.25, -0.2) is 4.79 Å². The summed E-state index contributed by atoms with van der Waals surface area (Å²) in [6, 6.07) is 12.6. The van der Waals surface area contributed by atoms with Crippen LogP contribution >= 0.6 is 0 Å². The molecule has 4 rings (SSSR count). The first-order valence-corrected chi connectivity index (χ1v) is 11.1. The minimum Gasteiger partial charge on any atom is -0.449 e. The van der Waals surface area contributed by atoms with E-state index in [0.717, 1.165) is 53.4 Å². The van der Waals surface area contributed by atoms with Gasteiger partial charge < -0.3 is 15.4 Å². The Kier molecular flexibility index (Phi) is 6.40. The maximum Gasteiger partial charge on any atom is 0.339 e. The predicted molar refractivity (Wildman–Crippen MR) is 127 cm³/mol. The Morgan fingerprint density at radius 2 is 1.64 bits per heavy atom. The Hall–Kier alpha value is -3.74. The van der Waals surface area contributed by atoms with Gasteiger partial charge in [0.2, 0.25) is 5.91 Å². The zero-order chi connectivity index (χ0) is 23.5. The number of nitrogens with one attached hydrogen (secondary N) is 2. The highest BCUT2D eigenvalue weighted by Crippen LogP contribution is 2.30. The van der Waals surface area contributed by atoms with E-state index in [-0.39, 0.29) is 5.91 Å². The standard InChI is InChI=1S/C26H27N3O4/c1-15-8-13-23-21(14-15)24(20-6-4-5-7-22(20)29-23)26(32)33-16(2)25(31)28-19-11-9-18(10-12-19)27-17(3)30/h8-14,16H,4-7H2,1-3H3,(H,27,30)(H,28,31). The van der Waals surface area contributed by atoms with Gasteiger partial charge in [0.15, 0.2) is 6.10 Å². The van der Waals surface area contributed by atoms with E-state index in [1.807, 2.05) is 25.1 Å². The zero-order valence-corrected chi connectivity index (χ0v) is 19.0. The number of benzene rings is 2. The van der Waals surface area contributed by atoms with Gasteiger partial charge in [-0.05, 0) is 81.5 Å². The summed E-state index contributed by atoms with van der Waals surface area (Å²) in [5.74, 6) is -1.11. The lowest BCUT2D eigenvalue weighted by Gasteiger charge is -2.21. The quantitative estimate of drug-likeness (QED) is 0.561. The largest absolute Gasteiger partial charge is 0.449 e. The second kappa shape index (κ2) is 9.40. The number of pyridine rings is 1. The maximum absolute atomic E-state index is 13.3. The molecule has 0 fully saturated rings. The first-order valence-electron chi connectivity index (χ1n) is 11.1. The van der Waals surface area contributed by atoms with Crippen LogP contribution in [0.3, 0.4) is 0 Å². The molecule has 2 aromatic carbocycles. The van der Waals surface area contributed by atoms with E-state index >= 15 is 0 Å². The minimum absolute atomic E-state index is 0.173. The molecule has 0 bridgehead atoms. The summed E-state index contributed by atoms with van der Waals surface area (Å²) in [7, 11) is 0. The number of rotatable bonds is 5. The lowest BCUT2D eigenvalue weighted by Crippen LogP contribution is -2.30. The summed E-state index contributed by atoms with van der Waals surface area (Å²) in [6.07, 6.45) is 2.67. The molecule has 33 heavy (non-hydrogen) atoms. The number of hydrogen-bond acceptors (Lipinski definition) is 5. The highest BCUT2D eigenvalue weighted by Gasteiger charge is 2.26. The summed E-state index contributed by atoms with van der Waals surface area (Å²) < 4.78 is 5.63. The SMILES string of the molecule is CC(=O)Nc1ccc(NC(=O)C(C)OC(=O)c2c3c(nc4ccc(C)cc24)CCCC3)cc1. The van der Waals surface area contributed by atoms with E-state index in [2.05, 4.69) is 10.6 Å². The second-order valence-electron chi connectivity index (χ2n) is 8.44. The second-order valence-corrected chi connectivity index (χ2v) is 8.44. The molecule has 170 valence electrons. The fourth-order valence-corrected chi connectivity index (χ4v) is 4.13. The molecular formula is C26H27N3O4. The highest BCUT2D eigenvalue weighted by molar-refractivity contribution is 6.06. The van der Waals surface area contributed by atoms with Crippen LogP contribution in [0.1, 0.15) is 53.9 Å². The number of hydrogen-bond donors (Lipinski definition) is 2. The molecule has 1 heterocycles. The van der Waals surface area contributed by atoms with Crippen molar-refractivity contribution in [2.75, 3.05) is 10.6 Å². The normalized spacial score (nSPS) is 13.7. The van der Waals surface area contributed by atoms with E-state index in [9.17, 15) is 14.4 Å². The Morgan fingerprint density at radius 1 is 0.970 bits per heavy atom. The molecule has 0 spiro atoms. The zero-order valence-electron chi connectivity index (χ0n) is 19.0. The molecule has 2 amide bonds. The fraction of sp³-hybridized carbons (Fsp3) is 0.308. The van der Waals surface area contributed by atoms with E-state index in [1.54, 1.807) is 31.2 Å². The number of fused-ring (bicyclic) bond motifs is 2. The molecule has 0 aliphatic heterocycles. The van der Waals surface area contributed by atoms with Crippen molar-refractivity contribution in [2.24, 2.45) is 0 Å². The number of ether oxygens (including phenoxy) is 1. The Labute approximate surface area is 192 Å². The Balaban J connectivity index is 1.53. The van der Waals surface area contributed by atoms with E-state index in [1.165, 1.54) is 6.92 Å². The van der Waals surface area contributed by atoms with E-state index < -0.39 is 18.0 Å². The molecule has 1 unspecified atom stereocenters. The van der Waals surface area contributed by atoms with E-state index in [4.69, 9.17) is 9.72 Å². The highest BCUT2D eigenvalue weighted by atomic mass is 16.5. The number of aryl methyl sites for hydroxylation is 2. The van der Waals surface area contributed by atoms with Crippen molar-refractivity contribution in [1.82, 2.24) is 4.98 Å². The van der Waals surface area contributed by atoms with Crippen LogP contribution in [-0.4, -0.2) is 28.9 Å². The van der Waals surface area contributed by atoms with Gasteiger partial charge in [0.1, 0.15) is 0 Å². The van der Waals surface area contributed by atoms with Crippen molar-refractivity contribution in [3.05, 3.63) is 64.8 Å². The van der Waals surface area contributed by atoms with Crippen LogP contribution in [0.4, 0.5) is 11.4 Å². The Morgan fingerprint density at radius 3 is 2.33 bits per heavy atom. The molecule has 0 saturated heterocycles. The monoisotopic (exact) mass is 445 g/mol. The third kappa shape index (κ3) is 5.03. The average molecular weight is 446 g/mol. The van der Waals surface area contributed by atoms with Crippen LogP contribution in [0.5, 0.6) is 0 Å². The predicted octanol–water partition coefficient (Wildman–Crippen LogP) is 4.56. The van der Waals surface area contributed by atoms with Crippen LogP contribution < -0.4 is 10.6 Å². The minimum atomic E-state index is -0.986. The molecule has 1 aromatic heterocycles. The number of nitrogens with zero attached hydrogens (tertiary/aromatic N) is 1. The lowest BCUT2D eigenvalue weighted by molar-refractivity contribution is -0.123. The smallest absolute Gasteiger partial charge is 0.339 e. The lowest BCUT2D eigenvalue weighted by atomic mass is 9.89. The fourth-order valence-electron chi connectivity index (χ4n) is 4.13. The van der Waals surface area contributed by atoms with Crippen LogP contribution in [-0.2, 0) is 27.2 Å². The van der Waals surface area contributed by atoms with Crippen LogP contribution in [0, 0.1) is 6.92 Å². The first-order chi connectivity index (χ1) is 15.8. The molecular weight excluding hydrogens is 418 g/mol. The molecule has 2 N–H and O–H groups in total. The number of esters is 1. The van der Waals surface area contributed by atoms with Crippen molar-refractivity contribution in [1.29, 1.82) is 0 Å². The number of carbonyl (C=O) groups excluding carboxylic acids is 3. The molecule has 0 saturated carbocycles. The first kappa shape index (κ1) is 22.5. The van der Waals surface area contributed by atoms with Gasteiger partial charge in [-0.1, -0.05) is 11.6 Å². The van der Waals surface area contributed by atoms with Gasteiger partial charge in [0.05, 0.1) is 11.1 Å². The summed E-state index contributed by atoms with van der Waals surface area (Å²) in [6.45, 7) is 4.96. The van der Waals surface area contributed by atoms with Gasteiger partial charge in [0, 0.05) is 29.4 Å². The molecule has 7 nitrogen and oxygen atoms in total. The third-order valence-electron chi connectivity index (χ3n) is 5.75. The summed E-state index contributed by atoms with van der Waals surface area (Å²) >= 11 is 0. The average Bonchev–Trinajstić information content (AvgIpc) is 2.78. The van der Waals surface area contributed by atoms with Crippen molar-refractivity contribution in [2.45, 2.75) is 52.6 Å². The van der Waals surface area contributed by atoms with Gasteiger partial charge in [-0.2, -0.15) is 0 Å². The van der Waals surface area contributed by atoms with Gasteiger partial charge in [-0.3, -0.25) is 14.6 Å². The summed E-state index contributed by atoms with van der Waals surface area (Å²) in [4.78, 5) is 41.9. The topological polar surface area (TPSA) is 97.4 Å². The molecule has 1 aliphatic carbocycles. The summed E-state index contributed by atoms with van der Waals surface area (Å²) in [5.41, 5.74) is 5.38. The number of carbonyl (C=O) groups is 3. The molecule has 3 aromatic rings. The van der Waals surface area contributed by atoms with Crippen LogP contribution in [0.15, 0.2) is 42.5 Å². The van der Waals surface area contributed by atoms with Crippen LogP contribution in [0.2, 0.25) is 0 Å². The number of anilines is 2. The molecule has 1 atom stereocenters. The van der Waals surface area contributed by atoms with Crippen molar-refractivity contribution >= 4 is 40.1 Å².